The van der Waals surface area contributed by atoms with E-state index in [-0.39, 0.29) is 74.8 Å². The van der Waals surface area contributed by atoms with Crippen LogP contribution < -0.4 is 60.8 Å². The second kappa shape index (κ2) is 29.6. The smallest absolute Gasteiger partial charge is 0.744 e. The molecule has 103 heavy (non-hydrogen) atoms. The van der Waals surface area contributed by atoms with E-state index in [9.17, 15) is 107 Å². The van der Waals surface area contributed by atoms with Crippen LogP contribution >= 0.6 is 23.2 Å². The van der Waals surface area contributed by atoms with E-state index in [2.05, 4.69) is 81.8 Å². The van der Waals surface area contributed by atoms with E-state index in [0.29, 0.717) is 10.0 Å². The van der Waals surface area contributed by atoms with Gasteiger partial charge in [0.05, 0.1) is 21.2 Å². The predicted octanol–water partition coefficient (Wildman–Crippen LogP) is 2.53. The first-order chi connectivity index (χ1) is 47.6. The Kier molecular flexibility index (Phi) is 22.1. The molecule has 6 aromatic carbocycles. The Hall–Kier alpha value is -10.3. The number of rotatable bonds is 24. The number of aliphatic carboxylic acids is 2. The van der Waals surface area contributed by atoms with Crippen LogP contribution in [0.1, 0.15) is 11.1 Å². The van der Waals surface area contributed by atoms with Crippen LogP contribution in [-0.2, 0) is 79.9 Å². The molecule has 528 valence electrons. The van der Waals surface area contributed by atoms with Gasteiger partial charge in [-0.1, -0.05) is 24.3 Å². The largest absolute Gasteiger partial charge is 1.00 e. The van der Waals surface area contributed by atoms with Gasteiger partial charge in [0.1, 0.15) is 41.1 Å². The van der Waals surface area contributed by atoms with Crippen molar-refractivity contribution in [3.8, 4) is 0 Å². The minimum Gasteiger partial charge on any atom is -0.744 e. The molecule has 10 rings (SSSR count). The first-order valence-electron chi connectivity index (χ1n) is 26.9. The SMILES string of the molecule is O=C(O)C1=NN(c2ccc(S(=O)(=O)[O-])cc2)C(=O)C1N=Nc1cc(Nc2nc(Cl)nc(Nc3ccc(C=Cc4ccc(Nc5nc(Cl)nc(Nc6ccc(S(=O)(=O)O)c(N=NC7C(=O)N(c8ccc(S(=O)(=O)O)cc8)N=C7C(=O)O)c6)n5)cc4S(=O)(=O)O)c(S(=O)(=O)O)c3)n2)ccc1S(=O)(=O)O.[Na+]. The summed E-state index contributed by atoms with van der Waals surface area (Å²) in [6, 6.07) is 15.2. The molecule has 2 unspecified atom stereocenters. The first-order valence-corrected chi connectivity index (χ1v) is 36.3. The molecule has 0 aliphatic carbocycles. The number of hydrogen-bond acceptors (Lipinski definition) is 33. The zero-order valence-electron chi connectivity index (χ0n) is 50.4. The van der Waals surface area contributed by atoms with Gasteiger partial charge in [-0.25, -0.2) is 18.0 Å². The van der Waals surface area contributed by atoms with E-state index < -0.39 is 183 Å². The fourth-order valence-electron chi connectivity index (χ4n) is 8.89. The van der Waals surface area contributed by atoms with E-state index in [1.165, 1.54) is 12.1 Å². The van der Waals surface area contributed by atoms with Crippen molar-refractivity contribution in [2.45, 2.75) is 41.5 Å². The normalized spacial score (nSPS) is 15.3. The number of nitrogens with one attached hydrogen (secondary N) is 4. The van der Waals surface area contributed by atoms with E-state index in [4.69, 9.17) is 23.2 Å². The standard InChI is InChI=1S/C52H36Cl2N18O24S6.Na/c53-47-59-49(55-25-7-17-35(99(85,86)87)33(19-25)65-67-39-41(45(75)76)69-71(43(39)73)29-9-13-31(14-10-29)97(79,80)81)63-51(61-47)57-27-5-3-23(37(21-27)101(91,92)93)1-2-24-4-6-28(22-38(24)102(94,95)96)58-52-62-48(54)60-50(64-52)56-26-8-18-36(100(88,89)90)34(20-26)66-68-40-42(46(77)78)70-72(44(40)74)30-11-15-32(16-12-30)98(82,83)84;/h1-22,39-40H,(H,75,76)(H,77,78)(H,79,80,81)(H,82,83,84)(H,85,86,87)(H,88,89,90)(H,91,92,93)(H,94,95,96)(H2,55,57,59,61,63)(H2,56,58,60,62,64);/q;+1/p-1. The fourth-order valence-corrected chi connectivity index (χ4v) is 12.8. The van der Waals surface area contributed by atoms with Crippen LogP contribution in [0.5, 0.6) is 0 Å². The van der Waals surface area contributed by atoms with Gasteiger partial charge in [0.25, 0.3) is 62.4 Å². The van der Waals surface area contributed by atoms with E-state index in [0.717, 1.165) is 121 Å². The summed E-state index contributed by atoms with van der Waals surface area (Å²) in [5, 5.41) is 52.4. The number of hydrogen-bond donors (Lipinski definition) is 11. The van der Waals surface area contributed by atoms with Gasteiger partial charge in [0.2, 0.25) is 46.4 Å². The number of hydrazone groups is 2. The third kappa shape index (κ3) is 18.3. The van der Waals surface area contributed by atoms with Crippen molar-refractivity contribution < 1.29 is 137 Å². The third-order valence-electron chi connectivity index (χ3n) is 13.3. The number of halogens is 2. The summed E-state index contributed by atoms with van der Waals surface area (Å²) in [6.07, 6.45) is 2.06. The molecular formula is C52H35Cl2N18NaO24S6. The van der Waals surface area contributed by atoms with Gasteiger partial charge in [0.15, 0.2) is 11.4 Å². The number of anilines is 10. The van der Waals surface area contributed by atoms with Crippen LogP contribution in [0.2, 0.25) is 10.6 Å². The first kappa shape index (κ1) is 76.9. The molecule has 4 heterocycles. The molecule has 8 aromatic rings. The number of benzene rings is 6. The van der Waals surface area contributed by atoms with E-state index in [1.54, 1.807) is 0 Å². The summed E-state index contributed by atoms with van der Waals surface area (Å²) in [5.41, 5.74) is -4.87. The van der Waals surface area contributed by atoms with Crippen molar-refractivity contribution in [3.63, 3.8) is 0 Å². The monoisotopic (exact) mass is 1580 g/mol. The molecular weight excluding hydrogens is 1550 g/mol. The number of amides is 2. The summed E-state index contributed by atoms with van der Waals surface area (Å²) in [5.74, 6) is -7.62. The van der Waals surface area contributed by atoms with Crippen molar-refractivity contribution >= 4 is 201 Å². The van der Waals surface area contributed by atoms with Crippen LogP contribution in [-0.4, -0.2) is 165 Å². The van der Waals surface area contributed by atoms with Gasteiger partial charge in [-0.05, 0) is 144 Å². The predicted molar refractivity (Wildman–Crippen MR) is 349 cm³/mol. The average molecular weight is 1580 g/mol. The van der Waals surface area contributed by atoms with Crippen LogP contribution in [0.25, 0.3) is 12.2 Å². The molecule has 2 amide bonds. The van der Waals surface area contributed by atoms with Crippen molar-refractivity contribution in [1.82, 2.24) is 29.9 Å². The molecule has 0 spiro atoms. The number of carbonyl (C=O) groups is 4. The Morgan fingerprint density at radius 3 is 1.05 bits per heavy atom. The molecule has 2 aliphatic heterocycles. The maximum Gasteiger partial charge on any atom is 1.00 e. The summed E-state index contributed by atoms with van der Waals surface area (Å²) in [6.45, 7) is 0. The minimum absolute atomic E-state index is 0. The zero-order valence-corrected chi connectivity index (χ0v) is 58.8. The molecule has 51 heteroatoms. The maximum absolute atomic E-state index is 13.4. The number of carbonyl (C=O) groups excluding carboxylic acids is 2. The van der Waals surface area contributed by atoms with Crippen LogP contribution in [0, 0.1) is 0 Å². The zero-order chi connectivity index (χ0) is 74.3. The number of azo groups is 2. The number of carboxylic acid groups (broad SMARTS) is 2. The van der Waals surface area contributed by atoms with Gasteiger partial charge >= 0.3 is 41.5 Å². The molecule has 0 saturated heterocycles. The molecule has 2 aliphatic rings. The average Bonchev–Trinajstić information content (AvgIpc) is 1.73. The Morgan fingerprint density at radius 1 is 0.437 bits per heavy atom. The van der Waals surface area contributed by atoms with Crippen molar-refractivity contribution in [1.29, 1.82) is 0 Å². The van der Waals surface area contributed by atoms with Gasteiger partial charge in [0, 0.05) is 22.7 Å². The molecule has 2 aromatic heterocycles. The molecule has 11 N–H and O–H groups in total. The second-order valence-corrected chi connectivity index (χ2v) is 29.2. The minimum atomic E-state index is -5.17. The number of carboxylic acids is 2. The Bertz CT molecular complexity index is 5440. The van der Waals surface area contributed by atoms with Crippen molar-refractivity contribution in [2.75, 3.05) is 31.3 Å². The fraction of sp³-hybridized carbons (Fsp3) is 0.0385. The Morgan fingerprint density at radius 2 is 0.748 bits per heavy atom. The van der Waals surface area contributed by atoms with Gasteiger partial charge in [-0.15, -0.1) is 0 Å². The molecule has 42 nitrogen and oxygen atoms in total. The topological polar surface area (TPSA) is 644 Å². The Balaban J connectivity index is 0.0000123. The third-order valence-corrected chi connectivity index (χ3v) is 19.0. The van der Waals surface area contributed by atoms with Gasteiger partial charge in [-0.3, -0.25) is 32.4 Å². The summed E-state index contributed by atoms with van der Waals surface area (Å²) >= 11 is 12.4. The van der Waals surface area contributed by atoms with Gasteiger partial charge in [-0.2, -0.15) is 113 Å². The summed E-state index contributed by atoms with van der Waals surface area (Å²) < 4.78 is 208. The maximum atomic E-state index is 13.4. The molecule has 0 radical (unpaired) electrons. The molecule has 0 fully saturated rings. The number of aromatic nitrogens is 6. The van der Waals surface area contributed by atoms with Crippen LogP contribution in [0.3, 0.4) is 0 Å². The summed E-state index contributed by atoms with van der Waals surface area (Å²) in [4.78, 5) is 70.3. The van der Waals surface area contributed by atoms with Gasteiger partial charge < -0.3 is 36.0 Å². The molecule has 2 atom stereocenters. The Labute approximate surface area is 608 Å². The van der Waals surface area contributed by atoms with E-state index >= 15 is 0 Å². The molecule has 0 saturated carbocycles. The molecule has 0 bridgehead atoms. The summed E-state index contributed by atoms with van der Waals surface area (Å²) in [7, 11) is -30.2. The van der Waals surface area contributed by atoms with Crippen molar-refractivity contribution in [3.05, 3.63) is 143 Å². The second-order valence-electron chi connectivity index (χ2n) is 20.1. The van der Waals surface area contributed by atoms with Crippen molar-refractivity contribution in [2.24, 2.45) is 30.7 Å². The van der Waals surface area contributed by atoms with Crippen LogP contribution in [0.4, 0.5) is 69.3 Å². The van der Waals surface area contributed by atoms with Crippen LogP contribution in [0.15, 0.2) is 181 Å². The van der Waals surface area contributed by atoms with E-state index in [1.807, 2.05) is 0 Å². The number of nitrogens with zero attached hydrogens (tertiary/aromatic N) is 14. The quantitative estimate of drug-likeness (QED) is 0.0179.